The van der Waals surface area contributed by atoms with E-state index in [9.17, 15) is 9.59 Å². The minimum atomic E-state index is -0.413. The standard InChI is InChI=1S/C22H22N2O3S/c1-15-6-8-16(9-7-15)24-20(25)14-18(21(24)19-5-3-13-28-19)22(26)23-11-10-17-4-2-12-27-17/h2-9,12-13,18,21H,10-11,14H2,1H3,(H,23,26)/t18-,21+/m0/s1. The fraction of sp³-hybridized carbons (Fsp3) is 0.273. The van der Waals surface area contributed by atoms with Crippen molar-refractivity contribution in [3.63, 3.8) is 0 Å². The van der Waals surface area contributed by atoms with Crippen LogP contribution in [0.25, 0.3) is 0 Å². The van der Waals surface area contributed by atoms with Crippen molar-refractivity contribution in [2.45, 2.75) is 25.8 Å². The van der Waals surface area contributed by atoms with Crippen LogP contribution in [0, 0.1) is 12.8 Å². The van der Waals surface area contributed by atoms with Gasteiger partial charge in [0.1, 0.15) is 5.76 Å². The van der Waals surface area contributed by atoms with Gasteiger partial charge in [-0.3, -0.25) is 9.59 Å². The van der Waals surface area contributed by atoms with Gasteiger partial charge < -0.3 is 14.6 Å². The maximum Gasteiger partial charge on any atom is 0.228 e. The largest absolute Gasteiger partial charge is 0.469 e. The molecule has 2 amide bonds. The topological polar surface area (TPSA) is 62.6 Å². The van der Waals surface area contributed by atoms with Gasteiger partial charge in [-0.15, -0.1) is 11.3 Å². The number of furan rings is 1. The van der Waals surface area contributed by atoms with Gasteiger partial charge in [-0.2, -0.15) is 0 Å². The van der Waals surface area contributed by atoms with Crippen LogP contribution in [0.1, 0.15) is 28.7 Å². The first kappa shape index (κ1) is 18.5. The maximum absolute atomic E-state index is 12.9. The van der Waals surface area contributed by atoms with Gasteiger partial charge in [0, 0.05) is 30.0 Å². The molecule has 0 radical (unpaired) electrons. The van der Waals surface area contributed by atoms with E-state index in [1.807, 2.05) is 60.8 Å². The first-order chi connectivity index (χ1) is 13.6. The van der Waals surface area contributed by atoms with Gasteiger partial charge in [-0.1, -0.05) is 23.8 Å². The van der Waals surface area contributed by atoms with Crippen molar-refractivity contribution in [2.24, 2.45) is 5.92 Å². The van der Waals surface area contributed by atoms with Gasteiger partial charge in [0.25, 0.3) is 0 Å². The van der Waals surface area contributed by atoms with Gasteiger partial charge >= 0.3 is 0 Å². The second-order valence-corrected chi connectivity index (χ2v) is 7.97. The smallest absolute Gasteiger partial charge is 0.228 e. The third kappa shape index (κ3) is 3.73. The minimum Gasteiger partial charge on any atom is -0.469 e. The zero-order chi connectivity index (χ0) is 19.5. The fourth-order valence-electron chi connectivity index (χ4n) is 3.66. The van der Waals surface area contributed by atoms with Crippen LogP contribution in [0.5, 0.6) is 0 Å². The van der Waals surface area contributed by atoms with E-state index < -0.39 is 5.92 Å². The Hall–Kier alpha value is -2.86. The summed E-state index contributed by atoms with van der Waals surface area (Å²) in [7, 11) is 0. The third-order valence-corrected chi connectivity index (χ3v) is 6.00. The molecule has 2 atom stereocenters. The second kappa shape index (κ2) is 8.02. The van der Waals surface area contributed by atoms with Crippen LogP contribution >= 0.6 is 11.3 Å². The molecule has 1 aliphatic rings. The molecule has 1 fully saturated rings. The van der Waals surface area contributed by atoms with Crippen molar-refractivity contribution in [3.8, 4) is 0 Å². The Morgan fingerprint density at radius 1 is 1.21 bits per heavy atom. The first-order valence-electron chi connectivity index (χ1n) is 9.35. The molecule has 2 aromatic heterocycles. The summed E-state index contributed by atoms with van der Waals surface area (Å²) in [6, 6.07) is 15.3. The van der Waals surface area contributed by atoms with E-state index in [-0.39, 0.29) is 24.3 Å². The van der Waals surface area contributed by atoms with Crippen LogP contribution in [0.4, 0.5) is 5.69 Å². The quantitative estimate of drug-likeness (QED) is 0.685. The van der Waals surface area contributed by atoms with Gasteiger partial charge in [0.05, 0.1) is 18.2 Å². The lowest BCUT2D eigenvalue weighted by Gasteiger charge is -2.27. The van der Waals surface area contributed by atoms with Gasteiger partial charge in [-0.25, -0.2) is 0 Å². The highest BCUT2D eigenvalue weighted by molar-refractivity contribution is 7.10. The summed E-state index contributed by atoms with van der Waals surface area (Å²) in [5.41, 5.74) is 1.97. The number of benzene rings is 1. The molecule has 0 aliphatic carbocycles. The monoisotopic (exact) mass is 394 g/mol. The van der Waals surface area contributed by atoms with Crippen molar-refractivity contribution in [1.82, 2.24) is 5.32 Å². The highest BCUT2D eigenvalue weighted by Crippen LogP contribution is 2.43. The molecule has 1 N–H and O–H groups in total. The summed E-state index contributed by atoms with van der Waals surface area (Å²) in [5, 5.41) is 4.97. The molecule has 0 unspecified atom stereocenters. The normalized spacial score (nSPS) is 19.2. The van der Waals surface area contributed by atoms with Crippen molar-refractivity contribution in [3.05, 3.63) is 76.4 Å². The van der Waals surface area contributed by atoms with E-state index in [0.29, 0.717) is 13.0 Å². The first-order valence-corrected chi connectivity index (χ1v) is 10.2. The fourth-order valence-corrected chi connectivity index (χ4v) is 4.54. The molecule has 0 bridgehead atoms. The lowest BCUT2D eigenvalue weighted by Crippen LogP contribution is -2.36. The van der Waals surface area contributed by atoms with E-state index in [0.717, 1.165) is 21.9 Å². The molecule has 3 heterocycles. The average Bonchev–Trinajstić information content (AvgIpc) is 3.43. The lowest BCUT2D eigenvalue weighted by molar-refractivity contribution is -0.126. The number of amides is 2. The van der Waals surface area contributed by atoms with Crippen LogP contribution in [0.2, 0.25) is 0 Å². The Morgan fingerprint density at radius 2 is 2.04 bits per heavy atom. The Morgan fingerprint density at radius 3 is 2.71 bits per heavy atom. The molecule has 144 valence electrons. The molecule has 6 heteroatoms. The molecule has 1 aliphatic heterocycles. The predicted molar refractivity (Wildman–Crippen MR) is 109 cm³/mol. The molecule has 4 rings (SSSR count). The van der Waals surface area contributed by atoms with Crippen molar-refractivity contribution < 1.29 is 14.0 Å². The van der Waals surface area contributed by atoms with E-state index in [4.69, 9.17) is 4.42 Å². The van der Waals surface area contributed by atoms with E-state index >= 15 is 0 Å². The summed E-state index contributed by atoms with van der Waals surface area (Å²) in [4.78, 5) is 28.6. The summed E-state index contributed by atoms with van der Waals surface area (Å²) < 4.78 is 5.31. The summed E-state index contributed by atoms with van der Waals surface area (Å²) >= 11 is 1.58. The Labute approximate surface area is 168 Å². The predicted octanol–water partition coefficient (Wildman–Crippen LogP) is 4.10. The zero-order valence-electron chi connectivity index (χ0n) is 15.6. The van der Waals surface area contributed by atoms with Crippen molar-refractivity contribution >= 4 is 28.8 Å². The molecular formula is C22H22N2O3S. The molecular weight excluding hydrogens is 372 g/mol. The molecule has 1 saturated heterocycles. The van der Waals surface area contributed by atoms with Crippen LogP contribution < -0.4 is 10.2 Å². The van der Waals surface area contributed by atoms with Crippen LogP contribution in [-0.4, -0.2) is 18.4 Å². The highest BCUT2D eigenvalue weighted by Gasteiger charge is 2.45. The molecule has 1 aromatic carbocycles. The maximum atomic E-state index is 12.9. The number of carbonyl (C=O) groups excluding carboxylic acids is 2. The Balaban J connectivity index is 1.55. The van der Waals surface area contributed by atoms with Crippen LogP contribution in [0.15, 0.2) is 64.6 Å². The van der Waals surface area contributed by atoms with Crippen LogP contribution in [0.3, 0.4) is 0 Å². The second-order valence-electron chi connectivity index (χ2n) is 6.99. The number of hydrogen-bond acceptors (Lipinski definition) is 4. The minimum absolute atomic E-state index is 0.0200. The number of rotatable bonds is 6. The number of anilines is 1. The number of nitrogens with zero attached hydrogens (tertiary/aromatic N) is 1. The number of carbonyl (C=O) groups is 2. The van der Waals surface area contributed by atoms with Gasteiger partial charge in [-0.05, 0) is 42.6 Å². The van der Waals surface area contributed by atoms with E-state index in [1.165, 1.54) is 0 Å². The molecule has 0 saturated carbocycles. The van der Waals surface area contributed by atoms with Crippen molar-refractivity contribution in [2.75, 3.05) is 11.4 Å². The molecule has 0 spiro atoms. The number of nitrogens with one attached hydrogen (secondary N) is 1. The third-order valence-electron chi connectivity index (χ3n) is 5.06. The number of thiophene rings is 1. The number of aryl methyl sites for hydroxylation is 1. The van der Waals surface area contributed by atoms with E-state index in [1.54, 1.807) is 22.5 Å². The van der Waals surface area contributed by atoms with Crippen LogP contribution in [-0.2, 0) is 16.0 Å². The number of hydrogen-bond donors (Lipinski definition) is 1. The Bertz CT molecular complexity index is 933. The summed E-state index contributed by atoms with van der Waals surface area (Å²) in [6.07, 6.45) is 2.47. The molecule has 28 heavy (non-hydrogen) atoms. The average molecular weight is 394 g/mol. The SMILES string of the molecule is Cc1ccc(N2C(=O)C[C@H](C(=O)NCCc3ccco3)[C@@H]2c2cccs2)cc1. The highest BCUT2D eigenvalue weighted by atomic mass is 32.1. The molecule has 5 nitrogen and oxygen atoms in total. The van der Waals surface area contributed by atoms with Crippen molar-refractivity contribution in [1.29, 1.82) is 0 Å². The lowest BCUT2D eigenvalue weighted by atomic mass is 9.97. The zero-order valence-corrected chi connectivity index (χ0v) is 16.4. The van der Waals surface area contributed by atoms with E-state index in [2.05, 4.69) is 5.32 Å². The summed E-state index contributed by atoms with van der Waals surface area (Å²) in [6.45, 7) is 2.50. The summed E-state index contributed by atoms with van der Waals surface area (Å²) in [5.74, 6) is 0.310. The molecule has 3 aromatic rings. The van der Waals surface area contributed by atoms with Gasteiger partial charge in [0.15, 0.2) is 0 Å². The Kier molecular flexibility index (Phi) is 5.30. The van der Waals surface area contributed by atoms with Gasteiger partial charge in [0.2, 0.25) is 11.8 Å².